The first-order valence-corrected chi connectivity index (χ1v) is 12.0. The van der Waals surface area contributed by atoms with Crippen LogP contribution >= 0.6 is 23.2 Å². The summed E-state index contributed by atoms with van der Waals surface area (Å²) >= 11 is 12.4. The molecular weight excluding hydrogens is 466 g/mol. The van der Waals surface area contributed by atoms with Gasteiger partial charge in [-0.05, 0) is 61.2 Å². The Morgan fingerprint density at radius 3 is 2.45 bits per heavy atom. The van der Waals surface area contributed by atoms with Crippen molar-refractivity contribution in [1.29, 1.82) is 0 Å². The number of hydrogen-bond donors (Lipinski definition) is 1. The fourth-order valence-corrected chi connectivity index (χ4v) is 4.52. The lowest BCUT2D eigenvalue weighted by atomic mass is 9.95. The molecule has 1 N–H and O–H groups in total. The summed E-state index contributed by atoms with van der Waals surface area (Å²) < 4.78 is 18.7. The predicted octanol–water partition coefficient (Wildman–Crippen LogP) is 5.77. The highest BCUT2D eigenvalue weighted by Gasteiger charge is 2.31. The van der Waals surface area contributed by atoms with Crippen LogP contribution in [0.3, 0.4) is 0 Å². The molecule has 0 radical (unpaired) electrons. The molecule has 1 aliphatic rings. The minimum atomic E-state index is -0.678. The molecular formula is C25H29Cl2FN2O3. The maximum absolute atomic E-state index is 13.2. The Hall–Kier alpha value is -2.31. The van der Waals surface area contributed by atoms with Crippen LogP contribution in [-0.2, 0) is 16.1 Å². The SMILES string of the molecule is CC[C@@H](C(=O)NC1CCCCC1)N(Cc1ccc(Cl)cc1Cl)C(=O)COc1ccc(F)cc1. The minimum Gasteiger partial charge on any atom is -0.484 e. The van der Waals surface area contributed by atoms with Crippen molar-refractivity contribution in [2.24, 2.45) is 0 Å². The van der Waals surface area contributed by atoms with Crippen molar-refractivity contribution in [2.45, 2.75) is 64.1 Å². The largest absolute Gasteiger partial charge is 0.484 e. The Balaban J connectivity index is 1.77. The summed E-state index contributed by atoms with van der Waals surface area (Å²) in [5.41, 5.74) is 0.681. The second kappa shape index (κ2) is 12.2. The molecule has 3 rings (SSSR count). The zero-order valence-corrected chi connectivity index (χ0v) is 20.2. The van der Waals surface area contributed by atoms with Crippen LogP contribution in [-0.4, -0.2) is 35.4 Å². The van der Waals surface area contributed by atoms with Gasteiger partial charge in [0.15, 0.2) is 6.61 Å². The van der Waals surface area contributed by atoms with Gasteiger partial charge in [0.2, 0.25) is 5.91 Å². The van der Waals surface area contributed by atoms with E-state index >= 15 is 0 Å². The fourth-order valence-electron chi connectivity index (χ4n) is 4.06. The Morgan fingerprint density at radius 2 is 1.82 bits per heavy atom. The average Bonchev–Trinajstić information content (AvgIpc) is 2.80. The van der Waals surface area contributed by atoms with Crippen LogP contribution in [0.25, 0.3) is 0 Å². The molecule has 1 saturated carbocycles. The van der Waals surface area contributed by atoms with E-state index in [2.05, 4.69) is 5.32 Å². The highest BCUT2D eigenvalue weighted by molar-refractivity contribution is 6.35. The highest BCUT2D eigenvalue weighted by atomic mass is 35.5. The summed E-state index contributed by atoms with van der Waals surface area (Å²) in [6.07, 6.45) is 5.71. The molecule has 2 amide bonds. The third-order valence-electron chi connectivity index (χ3n) is 5.87. The highest BCUT2D eigenvalue weighted by Crippen LogP contribution is 2.24. The minimum absolute atomic E-state index is 0.131. The molecule has 0 spiro atoms. The normalized spacial score (nSPS) is 15.0. The zero-order valence-electron chi connectivity index (χ0n) is 18.7. The van der Waals surface area contributed by atoms with E-state index < -0.39 is 11.9 Å². The molecule has 1 atom stereocenters. The van der Waals surface area contributed by atoms with Gasteiger partial charge in [-0.3, -0.25) is 9.59 Å². The fraction of sp³-hybridized carbons (Fsp3) is 0.440. The Labute approximate surface area is 204 Å². The van der Waals surface area contributed by atoms with E-state index in [-0.39, 0.29) is 31.0 Å². The lowest BCUT2D eigenvalue weighted by molar-refractivity contribution is -0.143. The number of benzene rings is 2. The average molecular weight is 495 g/mol. The van der Waals surface area contributed by atoms with Gasteiger partial charge >= 0.3 is 0 Å². The van der Waals surface area contributed by atoms with E-state index in [1.54, 1.807) is 18.2 Å². The van der Waals surface area contributed by atoms with E-state index in [9.17, 15) is 14.0 Å². The number of carbonyl (C=O) groups is 2. The summed E-state index contributed by atoms with van der Waals surface area (Å²) in [4.78, 5) is 27.9. The van der Waals surface area contributed by atoms with Gasteiger partial charge in [0.05, 0.1) is 0 Å². The van der Waals surface area contributed by atoms with Gasteiger partial charge in [-0.2, -0.15) is 0 Å². The van der Waals surface area contributed by atoms with E-state index in [1.165, 1.54) is 35.6 Å². The van der Waals surface area contributed by atoms with Crippen molar-refractivity contribution in [3.8, 4) is 5.75 Å². The van der Waals surface area contributed by atoms with Crippen LogP contribution < -0.4 is 10.1 Å². The first-order valence-electron chi connectivity index (χ1n) is 11.3. The second-order valence-corrected chi connectivity index (χ2v) is 9.11. The Morgan fingerprint density at radius 1 is 1.12 bits per heavy atom. The van der Waals surface area contributed by atoms with Crippen molar-refractivity contribution in [3.05, 3.63) is 63.9 Å². The van der Waals surface area contributed by atoms with Gasteiger partial charge in [-0.15, -0.1) is 0 Å². The van der Waals surface area contributed by atoms with Gasteiger partial charge in [-0.25, -0.2) is 4.39 Å². The lowest BCUT2D eigenvalue weighted by Gasteiger charge is -2.33. The summed E-state index contributed by atoms with van der Waals surface area (Å²) in [7, 11) is 0. The molecule has 1 fully saturated rings. The van der Waals surface area contributed by atoms with Crippen LogP contribution in [0.2, 0.25) is 10.0 Å². The molecule has 0 saturated heterocycles. The van der Waals surface area contributed by atoms with Gasteiger partial charge in [-0.1, -0.05) is 55.5 Å². The maximum Gasteiger partial charge on any atom is 0.261 e. The van der Waals surface area contributed by atoms with E-state index in [0.29, 0.717) is 27.8 Å². The number of nitrogens with zero attached hydrogens (tertiary/aromatic N) is 1. The van der Waals surface area contributed by atoms with Gasteiger partial charge in [0.1, 0.15) is 17.6 Å². The van der Waals surface area contributed by atoms with E-state index in [4.69, 9.17) is 27.9 Å². The monoisotopic (exact) mass is 494 g/mol. The van der Waals surface area contributed by atoms with Crippen LogP contribution in [0.1, 0.15) is 51.0 Å². The third kappa shape index (κ3) is 7.34. The molecule has 1 aliphatic carbocycles. The topological polar surface area (TPSA) is 58.6 Å². The molecule has 5 nitrogen and oxygen atoms in total. The molecule has 0 unspecified atom stereocenters. The standard InChI is InChI=1S/C25H29Cl2FN2O3/c1-2-23(25(32)29-20-6-4-3-5-7-20)30(15-17-8-9-18(26)14-22(17)27)24(31)16-33-21-12-10-19(28)11-13-21/h8-14,20,23H,2-7,15-16H2,1H3,(H,29,32)/t23-/m0/s1. The van der Waals surface area contributed by atoms with Gasteiger partial charge in [0, 0.05) is 22.6 Å². The molecule has 0 aromatic heterocycles. The molecule has 0 bridgehead atoms. The van der Waals surface area contributed by atoms with Crippen molar-refractivity contribution in [1.82, 2.24) is 10.2 Å². The third-order valence-corrected chi connectivity index (χ3v) is 6.46. The quantitative estimate of drug-likeness (QED) is 0.481. The van der Waals surface area contributed by atoms with Crippen molar-refractivity contribution in [3.63, 3.8) is 0 Å². The van der Waals surface area contributed by atoms with Crippen molar-refractivity contribution in [2.75, 3.05) is 6.61 Å². The number of carbonyl (C=O) groups excluding carboxylic acids is 2. The second-order valence-electron chi connectivity index (χ2n) is 8.27. The maximum atomic E-state index is 13.2. The number of halogens is 3. The summed E-state index contributed by atoms with van der Waals surface area (Å²) in [5, 5.41) is 4.03. The number of ether oxygens (including phenoxy) is 1. The summed E-state index contributed by atoms with van der Waals surface area (Å²) in [6.45, 7) is 1.72. The van der Waals surface area contributed by atoms with Crippen LogP contribution in [0.4, 0.5) is 4.39 Å². The van der Waals surface area contributed by atoms with Gasteiger partial charge in [0.25, 0.3) is 5.91 Å². The number of nitrogens with one attached hydrogen (secondary N) is 1. The predicted molar refractivity (Wildman–Crippen MR) is 128 cm³/mol. The first-order chi connectivity index (χ1) is 15.9. The number of hydrogen-bond acceptors (Lipinski definition) is 3. The van der Waals surface area contributed by atoms with E-state index in [0.717, 1.165) is 25.7 Å². The van der Waals surface area contributed by atoms with Crippen LogP contribution in [0.15, 0.2) is 42.5 Å². The van der Waals surface area contributed by atoms with Crippen LogP contribution in [0, 0.1) is 5.82 Å². The van der Waals surface area contributed by atoms with Gasteiger partial charge < -0.3 is 15.0 Å². The smallest absolute Gasteiger partial charge is 0.261 e. The first kappa shape index (κ1) is 25.3. The molecule has 178 valence electrons. The van der Waals surface area contributed by atoms with Crippen LogP contribution in [0.5, 0.6) is 5.75 Å². The molecule has 33 heavy (non-hydrogen) atoms. The van der Waals surface area contributed by atoms with Crippen molar-refractivity contribution >= 4 is 35.0 Å². The van der Waals surface area contributed by atoms with E-state index in [1.807, 2.05) is 6.92 Å². The summed E-state index contributed by atoms with van der Waals surface area (Å²) in [5.74, 6) is -0.562. The lowest BCUT2D eigenvalue weighted by Crippen LogP contribution is -2.52. The molecule has 2 aromatic carbocycles. The zero-order chi connectivity index (χ0) is 23.8. The molecule has 0 aliphatic heterocycles. The number of amides is 2. The Kier molecular flexibility index (Phi) is 9.39. The molecule has 2 aromatic rings. The summed E-state index contributed by atoms with van der Waals surface area (Å²) in [6, 6.07) is 9.94. The van der Waals surface area contributed by atoms with Crippen molar-refractivity contribution < 1.29 is 18.7 Å². The molecule has 8 heteroatoms. The Bertz CT molecular complexity index is 949. The number of rotatable bonds is 9. The molecule has 0 heterocycles.